The second-order valence-electron chi connectivity index (χ2n) is 16.2. The van der Waals surface area contributed by atoms with E-state index in [9.17, 15) is 0 Å². The molecule has 0 spiro atoms. The van der Waals surface area contributed by atoms with Crippen molar-refractivity contribution in [3.8, 4) is 61.5 Å². The molecule has 2 nitrogen and oxygen atoms in total. The average Bonchev–Trinajstić information content (AvgIpc) is 3.95. The van der Waals surface area contributed by atoms with E-state index in [0.717, 1.165) is 16.9 Å². The molecular formula is C58H36N2. The van der Waals surface area contributed by atoms with Crippen molar-refractivity contribution in [3.05, 3.63) is 241 Å². The summed E-state index contributed by atoms with van der Waals surface area (Å²) in [6.45, 7) is 0. The van der Waals surface area contributed by atoms with E-state index in [4.69, 9.17) is 4.98 Å². The van der Waals surface area contributed by atoms with Gasteiger partial charge in [-0.15, -0.1) is 0 Å². The first-order valence-corrected chi connectivity index (χ1v) is 20.8. The standard InChI is InChI=1S/C58H36N2/c1-4-16-41(17-5-1)58(42-18-6-2-7-19-42)51-26-13-12-23-45(51)46-30-27-38(35-52(46)58)37-28-31-53-49(33-37)50-34-39(29-32-54(50)60(53)43-20-8-3-9-21-43)57-56-48-24-11-10-22-44(48)47-25-14-15-40(36-59-57)55(47)56/h1-36H. The van der Waals surface area contributed by atoms with Gasteiger partial charge < -0.3 is 4.57 Å². The Bertz CT molecular complexity index is 3490. The molecule has 0 bridgehead atoms. The first kappa shape index (κ1) is 33.2. The van der Waals surface area contributed by atoms with E-state index in [1.807, 2.05) is 0 Å². The van der Waals surface area contributed by atoms with Crippen LogP contribution >= 0.6 is 0 Å². The largest absolute Gasteiger partial charge is 0.309 e. The lowest BCUT2D eigenvalue weighted by Gasteiger charge is -2.34. The number of rotatable bonds is 5. The van der Waals surface area contributed by atoms with Crippen LogP contribution in [0.25, 0.3) is 94.0 Å². The summed E-state index contributed by atoms with van der Waals surface area (Å²) >= 11 is 0. The van der Waals surface area contributed by atoms with Crippen LogP contribution in [0.1, 0.15) is 22.3 Å². The fourth-order valence-electron chi connectivity index (χ4n) is 10.7. The van der Waals surface area contributed by atoms with Gasteiger partial charge in [0.2, 0.25) is 0 Å². The third-order valence-corrected chi connectivity index (χ3v) is 13.2. The first-order chi connectivity index (χ1) is 29.8. The molecule has 0 atom stereocenters. The highest BCUT2D eigenvalue weighted by Gasteiger charge is 2.46. The molecule has 9 aromatic carbocycles. The number of hydrogen-bond donors (Lipinski definition) is 0. The van der Waals surface area contributed by atoms with Crippen LogP contribution in [0, 0.1) is 0 Å². The maximum Gasteiger partial charge on any atom is 0.0787 e. The molecule has 0 fully saturated rings. The van der Waals surface area contributed by atoms with Crippen molar-refractivity contribution in [1.29, 1.82) is 0 Å². The Morgan fingerprint density at radius 2 is 0.933 bits per heavy atom. The Morgan fingerprint density at radius 1 is 0.383 bits per heavy atom. The summed E-state index contributed by atoms with van der Waals surface area (Å²) in [5.74, 6) is 0. The van der Waals surface area contributed by atoms with Gasteiger partial charge in [0.25, 0.3) is 0 Å². The lowest BCUT2D eigenvalue weighted by atomic mass is 9.67. The van der Waals surface area contributed by atoms with Crippen molar-refractivity contribution in [3.63, 3.8) is 0 Å². The van der Waals surface area contributed by atoms with Gasteiger partial charge in [0.1, 0.15) is 0 Å². The normalized spacial score (nSPS) is 13.1. The average molecular weight is 761 g/mol. The zero-order chi connectivity index (χ0) is 39.4. The highest BCUT2D eigenvalue weighted by atomic mass is 15.0. The third kappa shape index (κ3) is 4.50. The topological polar surface area (TPSA) is 17.8 Å². The second-order valence-corrected chi connectivity index (χ2v) is 16.2. The van der Waals surface area contributed by atoms with Crippen LogP contribution < -0.4 is 0 Å². The van der Waals surface area contributed by atoms with E-state index in [-0.39, 0.29) is 0 Å². The van der Waals surface area contributed by atoms with Crippen LogP contribution in [-0.4, -0.2) is 9.55 Å². The van der Waals surface area contributed by atoms with Gasteiger partial charge in [-0.05, 0) is 104 Å². The molecule has 0 amide bonds. The highest BCUT2D eigenvalue weighted by Crippen LogP contribution is 2.57. The summed E-state index contributed by atoms with van der Waals surface area (Å²) in [5.41, 5.74) is 20.4. The molecule has 0 N–H and O–H groups in total. The number of pyridine rings is 1. The summed E-state index contributed by atoms with van der Waals surface area (Å²) in [7, 11) is 0. The molecule has 0 unspecified atom stereocenters. The number of aromatic nitrogens is 2. The first-order valence-electron chi connectivity index (χ1n) is 20.8. The SMILES string of the molecule is c1ccc(-n2c3ccc(-c4ccc5c(c4)C(c4ccccc4)(c4ccccc4)c4ccccc4-5)cc3c3cc(-c4ncc5cccc6c5c4-c4ccccc4-6)ccc32)cc1. The minimum absolute atomic E-state index is 0.459. The number of para-hydroxylation sites is 1. The van der Waals surface area contributed by atoms with Crippen molar-refractivity contribution < 1.29 is 0 Å². The molecule has 0 saturated carbocycles. The highest BCUT2D eigenvalue weighted by molar-refractivity contribution is 6.19. The number of hydrogen-bond acceptors (Lipinski definition) is 1. The zero-order valence-corrected chi connectivity index (χ0v) is 32.7. The van der Waals surface area contributed by atoms with E-state index >= 15 is 0 Å². The quantitative estimate of drug-likeness (QED) is 0.171. The molecule has 13 rings (SSSR count). The molecule has 2 aliphatic rings. The molecule has 0 radical (unpaired) electrons. The molecule has 0 aliphatic heterocycles. The van der Waals surface area contributed by atoms with Crippen LogP contribution in [0.2, 0.25) is 0 Å². The summed E-state index contributed by atoms with van der Waals surface area (Å²) < 4.78 is 2.41. The minimum Gasteiger partial charge on any atom is -0.309 e. The van der Waals surface area contributed by atoms with Gasteiger partial charge in [0.05, 0.1) is 22.1 Å². The van der Waals surface area contributed by atoms with Crippen LogP contribution in [0.15, 0.2) is 219 Å². The molecule has 2 aliphatic carbocycles. The summed E-state index contributed by atoms with van der Waals surface area (Å²) in [6, 6.07) is 78.3. The van der Waals surface area contributed by atoms with Gasteiger partial charge >= 0.3 is 0 Å². The summed E-state index contributed by atoms with van der Waals surface area (Å²) in [4.78, 5) is 5.20. The van der Waals surface area contributed by atoms with Gasteiger partial charge in [-0.3, -0.25) is 4.98 Å². The number of fused-ring (bicyclic) bond motifs is 9. The molecule has 60 heavy (non-hydrogen) atoms. The molecule has 0 saturated heterocycles. The summed E-state index contributed by atoms with van der Waals surface area (Å²) in [5, 5.41) is 4.89. The number of benzene rings is 9. The molecule has 2 aromatic heterocycles. The fraction of sp³-hybridized carbons (Fsp3) is 0.0172. The van der Waals surface area contributed by atoms with Crippen LogP contribution in [0.3, 0.4) is 0 Å². The Balaban J connectivity index is 1.05. The van der Waals surface area contributed by atoms with Gasteiger partial charge in [-0.1, -0.05) is 170 Å². The Hall–Kier alpha value is -7.81. The van der Waals surface area contributed by atoms with Crippen LogP contribution in [0.5, 0.6) is 0 Å². The van der Waals surface area contributed by atoms with Crippen LogP contribution in [0.4, 0.5) is 0 Å². The molecule has 2 heterocycles. The maximum absolute atomic E-state index is 5.20. The van der Waals surface area contributed by atoms with E-state index in [1.54, 1.807) is 0 Å². The van der Waals surface area contributed by atoms with Gasteiger partial charge in [0, 0.05) is 44.6 Å². The van der Waals surface area contributed by atoms with Crippen molar-refractivity contribution in [2.45, 2.75) is 5.41 Å². The smallest absolute Gasteiger partial charge is 0.0787 e. The van der Waals surface area contributed by atoms with Gasteiger partial charge in [0.15, 0.2) is 0 Å². The van der Waals surface area contributed by atoms with Crippen molar-refractivity contribution >= 4 is 32.6 Å². The number of nitrogens with zero attached hydrogens (tertiary/aromatic N) is 2. The lowest BCUT2D eigenvalue weighted by Crippen LogP contribution is -2.28. The molecule has 2 heteroatoms. The lowest BCUT2D eigenvalue weighted by molar-refractivity contribution is 0.769. The van der Waals surface area contributed by atoms with Crippen molar-refractivity contribution in [1.82, 2.24) is 9.55 Å². The molecule has 11 aromatic rings. The van der Waals surface area contributed by atoms with E-state index < -0.39 is 5.41 Å². The van der Waals surface area contributed by atoms with Gasteiger partial charge in [-0.2, -0.15) is 0 Å². The zero-order valence-electron chi connectivity index (χ0n) is 32.7. The van der Waals surface area contributed by atoms with Crippen molar-refractivity contribution in [2.24, 2.45) is 0 Å². The Morgan fingerprint density at radius 3 is 1.67 bits per heavy atom. The minimum atomic E-state index is -0.459. The predicted octanol–water partition coefficient (Wildman–Crippen LogP) is 14.7. The van der Waals surface area contributed by atoms with Gasteiger partial charge in [-0.25, -0.2) is 0 Å². The van der Waals surface area contributed by atoms with E-state index in [2.05, 4.69) is 223 Å². The van der Waals surface area contributed by atoms with Crippen molar-refractivity contribution in [2.75, 3.05) is 0 Å². The predicted molar refractivity (Wildman–Crippen MR) is 249 cm³/mol. The Kier molecular flexibility index (Phi) is 6.97. The second kappa shape index (κ2) is 12.6. The Labute approximate surface area is 348 Å². The summed E-state index contributed by atoms with van der Waals surface area (Å²) in [6.07, 6.45) is 2.05. The van der Waals surface area contributed by atoms with Crippen LogP contribution in [-0.2, 0) is 5.41 Å². The molecular weight excluding hydrogens is 725 g/mol. The van der Waals surface area contributed by atoms with E-state index in [0.29, 0.717) is 0 Å². The third-order valence-electron chi connectivity index (χ3n) is 13.2. The van der Waals surface area contributed by atoms with E-state index in [1.165, 1.54) is 99.3 Å². The fourth-order valence-corrected chi connectivity index (χ4v) is 10.7. The monoisotopic (exact) mass is 760 g/mol. The molecule has 278 valence electrons. The maximum atomic E-state index is 5.20.